The molecule has 0 aromatic heterocycles. The van der Waals surface area contributed by atoms with Gasteiger partial charge in [-0.25, -0.2) is 0 Å². The van der Waals surface area contributed by atoms with E-state index < -0.39 is 6.10 Å². The highest BCUT2D eigenvalue weighted by atomic mass is 16.6. The normalized spacial score (nSPS) is 13.4. The van der Waals surface area contributed by atoms with Crippen molar-refractivity contribution in [2.75, 3.05) is 13.2 Å². The van der Waals surface area contributed by atoms with E-state index in [0.29, 0.717) is 19.3 Å². The van der Waals surface area contributed by atoms with E-state index >= 15 is 0 Å². The molecule has 0 amide bonds. The minimum Gasteiger partial charge on any atom is -0.462 e. The van der Waals surface area contributed by atoms with Gasteiger partial charge in [0.1, 0.15) is 13.2 Å². The molecule has 0 rings (SSSR count). The fourth-order valence-electron chi connectivity index (χ4n) is 8.12. The number of rotatable bonds is 56. The van der Waals surface area contributed by atoms with Crippen molar-refractivity contribution in [2.45, 2.75) is 258 Å². The molecule has 6 nitrogen and oxygen atoms in total. The third-order valence-electron chi connectivity index (χ3n) is 12.9. The lowest BCUT2D eigenvalue weighted by Gasteiger charge is -2.18. The van der Waals surface area contributed by atoms with Crippen LogP contribution >= 0.6 is 0 Å². The van der Waals surface area contributed by atoms with Crippen LogP contribution in [-0.4, -0.2) is 37.2 Å². The maximum atomic E-state index is 12.9. The van der Waals surface area contributed by atoms with Gasteiger partial charge in [-0.15, -0.1) is 0 Å². The third kappa shape index (κ3) is 65.2. The van der Waals surface area contributed by atoms with Crippen LogP contribution in [0.15, 0.2) is 182 Å². The lowest BCUT2D eigenvalue weighted by Crippen LogP contribution is -2.30. The zero-order valence-electron chi connectivity index (χ0n) is 51.7. The van der Waals surface area contributed by atoms with Gasteiger partial charge in [-0.3, -0.25) is 14.4 Å². The van der Waals surface area contributed by atoms with Gasteiger partial charge in [0.25, 0.3) is 0 Å². The number of esters is 3. The molecular weight excluding hydrogens is 997 g/mol. The summed E-state index contributed by atoms with van der Waals surface area (Å²) in [4.78, 5) is 38.3. The molecule has 452 valence electrons. The van der Waals surface area contributed by atoms with Gasteiger partial charge >= 0.3 is 17.9 Å². The van der Waals surface area contributed by atoms with Crippen molar-refractivity contribution in [1.82, 2.24) is 0 Å². The summed E-state index contributed by atoms with van der Waals surface area (Å²) >= 11 is 0. The van der Waals surface area contributed by atoms with Crippen LogP contribution in [0.25, 0.3) is 0 Å². The topological polar surface area (TPSA) is 78.9 Å². The lowest BCUT2D eigenvalue weighted by atomic mass is 10.1. The standard InChI is InChI=1S/C75H116O6/c1-4-7-10-13-16-19-22-25-27-29-31-33-34-35-36-37-38-39-40-42-43-45-47-50-53-56-59-62-65-68-74(77)80-71-72(70-79-73(76)67-64-61-58-55-52-49-24-21-18-15-12-9-6-3)81-75(78)69-66-63-60-57-54-51-48-46-44-41-32-30-28-26-23-20-17-14-11-8-5-2/h7-8,10-12,15-17,19-21,24-28,31-33,35-36,38-39,41-43,47,50,56,59,72H,4-6,9,13-14,18,22-23,29-30,34,37,40,44-46,48-49,51-55,57-58,60-71H2,1-3H3/b10-7-,11-8-,15-12-,19-16-,20-17-,24-21-,27-25-,28-26-,33-31-,36-35-,39-38-,41-32-,43-42-,50-47-,59-56-. The Kier molecular flexibility index (Phi) is 62.5. The molecule has 0 bridgehead atoms. The predicted molar refractivity (Wildman–Crippen MR) is 352 cm³/mol. The number of hydrogen-bond acceptors (Lipinski definition) is 6. The van der Waals surface area contributed by atoms with Gasteiger partial charge in [-0.1, -0.05) is 267 Å². The SMILES string of the molecule is CC/C=C\C/C=C\C/C=C\C/C=C\C/C=C\C/C=C\C/C=C\C/C=C\C/C=C\CCCC(=O)OCC(COC(=O)CCCCCCC/C=C\C/C=C\CCC)OC(=O)CCCCCCCCCC/C=C\C/C=C\C/C=C\C/C=C\CC. The Bertz CT molecular complexity index is 1900. The molecule has 0 heterocycles. The Morgan fingerprint density at radius 2 is 0.494 bits per heavy atom. The molecule has 0 aliphatic heterocycles. The summed E-state index contributed by atoms with van der Waals surface area (Å²) in [5.41, 5.74) is 0. The summed E-state index contributed by atoms with van der Waals surface area (Å²) in [7, 11) is 0. The van der Waals surface area contributed by atoms with E-state index in [-0.39, 0.29) is 37.5 Å². The van der Waals surface area contributed by atoms with E-state index in [9.17, 15) is 14.4 Å². The summed E-state index contributed by atoms with van der Waals surface area (Å²) in [5.74, 6) is -1.01. The van der Waals surface area contributed by atoms with Crippen molar-refractivity contribution in [3.8, 4) is 0 Å². The number of hydrogen-bond donors (Lipinski definition) is 0. The molecule has 1 atom stereocenters. The smallest absolute Gasteiger partial charge is 0.306 e. The first-order valence-electron chi connectivity index (χ1n) is 32.3. The van der Waals surface area contributed by atoms with E-state index in [4.69, 9.17) is 14.2 Å². The zero-order valence-corrected chi connectivity index (χ0v) is 51.7. The Morgan fingerprint density at radius 3 is 0.802 bits per heavy atom. The highest BCUT2D eigenvalue weighted by Gasteiger charge is 2.19. The maximum Gasteiger partial charge on any atom is 0.306 e. The maximum absolute atomic E-state index is 12.9. The molecule has 81 heavy (non-hydrogen) atoms. The molecule has 6 heteroatoms. The zero-order chi connectivity index (χ0) is 58.5. The van der Waals surface area contributed by atoms with Crippen LogP contribution in [0.1, 0.15) is 252 Å². The van der Waals surface area contributed by atoms with Crippen molar-refractivity contribution in [1.29, 1.82) is 0 Å². The molecule has 0 radical (unpaired) electrons. The minimum atomic E-state index is -0.824. The molecule has 0 aliphatic carbocycles. The fourth-order valence-corrected chi connectivity index (χ4v) is 8.12. The number of carbonyl (C=O) groups is 3. The minimum absolute atomic E-state index is 0.115. The van der Waals surface area contributed by atoms with Crippen molar-refractivity contribution >= 4 is 17.9 Å². The van der Waals surface area contributed by atoms with Crippen molar-refractivity contribution in [3.63, 3.8) is 0 Å². The van der Waals surface area contributed by atoms with Gasteiger partial charge in [-0.2, -0.15) is 0 Å². The lowest BCUT2D eigenvalue weighted by molar-refractivity contribution is -0.167. The van der Waals surface area contributed by atoms with E-state index in [2.05, 4.69) is 203 Å². The number of allylic oxidation sites excluding steroid dienone is 30. The van der Waals surface area contributed by atoms with E-state index in [1.54, 1.807) is 0 Å². The van der Waals surface area contributed by atoms with Crippen LogP contribution in [0.4, 0.5) is 0 Å². The van der Waals surface area contributed by atoms with Crippen LogP contribution in [0, 0.1) is 0 Å². The molecule has 0 aromatic rings. The summed E-state index contributed by atoms with van der Waals surface area (Å²) in [6, 6.07) is 0. The first-order chi connectivity index (χ1) is 40.0. The molecule has 1 unspecified atom stereocenters. The second kappa shape index (κ2) is 67.0. The quantitative estimate of drug-likeness (QED) is 0.0261. The van der Waals surface area contributed by atoms with Gasteiger partial charge in [0.05, 0.1) is 0 Å². The first kappa shape index (κ1) is 75.5. The first-order valence-corrected chi connectivity index (χ1v) is 32.3. The Hall–Kier alpha value is -5.49. The summed E-state index contributed by atoms with van der Waals surface area (Å²) in [6.45, 7) is 6.27. The number of unbranched alkanes of at least 4 members (excludes halogenated alkanes) is 15. The monoisotopic (exact) mass is 1110 g/mol. The van der Waals surface area contributed by atoms with Gasteiger partial charge in [-0.05, 0) is 148 Å². The second-order valence-electron chi connectivity index (χ2n) is 20.5. The van der Waals surface area contributed by atoms with Gasteiger partial charge in [0.2, 0.25) is 0 Å². The average Bonchev–Trinajstić information content (AvgIpc) is 3.46. The van der Waals surface area contributed by atoms with Crippen molar-refractivity contribution in [2.24, 2.45) is 0 Å². The predicted octanol–water partition coefficient (Wildman–Crippen LogP) is 22.4. The highest BCUT2D eigenvalue weighted by molar-refractivity contribution is 5.71. The Morgan fingerprint density at radius 1 is 0.259 bits per heavy atom. The molecule has 0 aliphatic rings. The molecule has 0 fully saturated rings. The summed E-state index contributed by atoms with van der Waals surface area (Å²) < 4.78 is 16.8. The fraction of sp³-hybridized carbons (Fsp3) is 0.560. The number of carbonyl (C=O) groups excluding carboxylic acids is 3. The van der Waals surface area contributed by atoms with Gasteiger partial charge in [0.15, 0.2) is 6.10 Å². The van der Waals surface area contributed by atoms with Crippen molar-refractivity contribution in [3.05, 3.63) is 182 Å². The molecular formula is C75H116O6. The number of ether oxygens (including phenoxy) is 3. The average molecular weight is 1110 g/mol. The highest BCUT2D eigenvalue weighted by Crippen LogP contribution is 2.14. The molecule has 0 saturated heterocycles. The molecule has 0 N–H and O–H groups in total. The van der Waals surface area contributed by atoms with E-state index in [0.717, 1.165) is 167 Å². The second-order valence-corrected chi connectivity index (χ2v) is 20.5. The molecule has 0 aromatic carbocycles. The largest absolute Gasteiger partial charge is 0.462 e. The summed E-state index contributed by atoms with van der Waals surface area (Å²) in [5, 5.41) is 0. The Labute approximate surface area is 497 Å². The third-order valence-corrected chi connectivity index (χ3v) is 12.9. The summed E-state index contributed by atoms with van der Waals surface area (Å²) in [6.07, 6.45) is 100. The van der Waals surface area contributed by atoms with Crippen LogP contribution < -0.4 is 0 Å². The van der Waals surface area contributed by atoms with Gasteiger partial charge in [0, 0.05) is 19.3 Å². The van der Waals surface area contributed by atoms with Crippen molar-refractivity contribution < 1.29 is 28.6 Å². The van der Waals surface area contributed by atoms with E-state index in [1.165, 1.54) is 38.5 Å². The molecule has 0 spiro atoms. The van der Waals surface area contributed by atoms with Crippen LogP contribution in [0.3, 0.4) is 0 Å². The Balaban J connectivity index is 4.49. The molecule has 0 saturated carbocycles. The van der Waals surface area contributed by atoms with Crippen LogP contribution in [0.2, 0.25) is 0 Å². The van der Waals surface area contributed by atoms with Crippen LogP contribution in [-0.2, 0) is 28.6 Å². The van der Waals surface area contributed by atoms with Gasteiger partial charge < -0.3 is 14.2 Å². The van der Waals surface area contributed by atoms with E-state index in [1.807, 2.05) is 0 Å². The van der Waals surface area contributed by atoms with Crippen LogP contribution in [0.5, 0.6) is 0 Å².